The Kier molecular flexibility index (Phi) is 9.28. The van der Waals surface area contributed by atoms with Crippen LogP contribution in [0.3, 0.4) is 0 Å². The second kappa shape index (κ2) is 11.5. The second-order valence-corrected chi connectivity index (χ2v) is 15.2. The summed E-state index contributed by atoms with van der Waals surface area (Å²) >= 11 is 0. The fraction of sp³-hybridized carbons (Fsp3) is 0.481. The third kappa shape index (κ3) is 6.18. The van der Waals surface area contributed by atoms with Crippen LogP contribution < -0.4 is 14.8 Å². The molecule has 184 valence electrons. The third-order valence-corrected chi connectivity index (χ3v) is 12.8. The number of hydrogen-bond acceptors (Lipinski definition) is 4. The van der Waals surface area contributed by atoms with Crippen molar-refractivity contribution in [3.8, 4) is 23.0 Å². The van der Waals surface area contributed by atoms with Gasteiger partial charge in [0.15, 0.2) is 0 Å². The van der Waals surface area contributed by atoms with Crippen LogP contribution in [-0.2, 0) is 6.54 Å². The smallest absolute Gasteiger partial charge is 0.412 e. The van der Waals surface area contributed by atoms with Crippen molar-refractivity contribution in [1.82, 2.24) is 10.3 Å². The van der Waals surface area contributed by atoms with Crippen LogP contribution in [0.25, 0.3) is 0 Å². The number of benzene rings is 1. The van der Waals surface area contributed by atoms with Crippen molar-refractivity contribution in [3.05, 3.63) is 52.6 Å². The number of rotatable bonds is 7. The van der Waals surface area contributed by atoms with Crippen molar-refractivity contribution in [2.75, 3.05) is 7.11 Å². The summed E-state index contributed by atoms with van der Waals surface area (Å²) in [5.74, 6) is 3.55. The first-order valence-electron chi connectivity index (χ1n) is 11.7. The van der Waals surface area contributed by atoms with Crippen LogP contribution in [0.2, 0.25) is 16.6 Å². The number of ether oxygens (including phenoxy) is 2. The maximum absolute atomic E-state index is 14.3. The van der Waals surface area contributed by atoms with Crippen molar-refractivity contribution >= 4 is 14.2 Å². The van der Waals surface area contributed by atoms with E-state index in [-0.39, 0.29) is 12.3 Å². The maximum atomic E-state index is 14.3. The van der Waals surface area contributed by atoms with Crippen molar-refractivity contribution < 1.29 is 18.7 Å². The highest BCUT2D eigenvalue weighted by molar-refractivity contribution is 6.90. The first-order chi connectivity index (χ1) is 15.9. The molecular formula is C27H37FN2O3Si. The number of hydrogen-bond donors (Lipinski definition) is 1. The number of aromatic nitrogens is 1. The average Bonchev–Trinajstić information content (AvgIpc) is 2.72. The van der Waals surface area contributed by atoms with Gasteiger partial charge in [0.25, 0.3) is 0 Å². The van der Waals surface area contributed by atoms with Crippen LogP contribution in [0.1, 0.15) is 63.9 Å². The molecule has 0 saturated carbocycles. The molecule has 0 saturated heterocycles. The molecule has 2 rings (SSSR count). The summed E-state index contributed by atoms with van der Waals surface area (Å²) in [6.07, 6.45) is 1.00. The van der Waals surface area contributed by atoms with E-state index in [0.717, 1.165) is 16.9 Å². The van der Waals surface area contributed by atoms with Crippen molar-refractivity contribution in [2.45, 2.75) is 78.6 Å². The molecule has 0 spiro atoms. The van der Waals surface area contributed by atoms with E-state index in [0.29, 0.717) is 27.9 Å². The highest BCUT2D eigenvalue weighted by Gasteiger charge is 2.41. The van der Waals surface area contributed by atoms with E-state index in [9.17, 15) is 9.18 Å². The largest absolute Gasteiger partial charge is 0.496 e. The maximum Gasteiger partial charge on any atom is 0.412 e. The van der Waals surface area contributed by atoms with Crippen LogP contribution in [0.15, 0.2) is 24.4 Å². The van der Waals surface area contributed by atoms with Gasteiger partial charge in [-0.15, -0.1) is 5.54 Å². The van der Waals surface area contributed by atoms with Crippen LogP contribution in [0.4, 0.5) is 9.18 Å². The van der Waals surface area contributed by atoms with Gasteiger partial charge in [-0.1, -0.05) is 47.5 Å². The molecular weight excluding hydrogens is 447 g/mol. The van der Waals surface area contributed by atoms with Crippen LogP contribution in [-0.4, -0.2) is 26.3 Å². The second-order valence-electron chi connectivity index (χ2n) is 9.61. The summed E-state index contributed by atoms with van der Waals surface area (Å²) in [6, 6.07) is 4.17. The number of pyridine rings is 1. The number of aryl methyl sites for hydroxylation is 1. The van der Waals surface area contributed by atoms with Gasteiger partial charge in [-0.3, -0.25) is 4.98 Å². The van der Waals surface area contributed by atoms with E-state index < -0.39 is 20.0 Å². The van der Waals surface area contributed by atoms with Gasteiger partial charge in [-0.25, -0.2) is 9.18 Å². The minimum absolute atomic E-state index is 0.110. The molecule has 0 fully saturated rings. The molecule has 1 aromatic heterocycles. The van der Waals surface area contributed by atoms with Crippen LogP contribution >= 0.6 is 0 Å². The van der Waals surface area contributed by atoms with E-state index >= 15 is 0 Å². The Bertz CT molecular complexity index is 1070. The molecule has 1 heterocycles. The number of carbonyl (C=O) groups excluding carboxylic acids is 1. The van der Waals surface area contributed by atoms with Gasteiger partial charge < -0.3 is 14.8 Å². The Morgan fingerprint density at radius 3 is 2.26 bits per heavy atom. The molecule has 1 aromatic carbocycles. The molecule has 0 aliphatic heterocycles. The average molecular weight is 485 g/mol. The Morgan fingerprint density at radius 1 is 1.09 bits per heavy atom. The first-order valence-corrected chi connectivity index (χ1v) is 13.9. The van der Waals surface area contributed by atoms with Gasteiger partial charge in [0.2, 0.25) is 0 Å². The molecule has 1 N–H and O–H groups in total. The molecule has 0 bridgehead atoms. The quantitative estimate of drug-likeness (QED) is 0.351. The number of halogens is 1. The highest BCUT2D eigenvalue weighted by atomic mass is 28.3. The van der Waals surface area contributed by atoms with Gasteiger partial charge in [0.1, 0.15) is 25.4 Å². The third-order valence-electron chi connectivity index (χ3n) is 6.52. The Hall–Kier alpha value is -2.85. The van der Waals surface area contributed by atoms with E-state index in [1.54, 1.807) is 19.4 Å². The summed E-state index contributed by atoms with van der Waals surface area (Å²) in [7, 11) is -0.367. The van der Waals surface area contributed by atoms with Gasteiger partial charge in [-0.2, -0.15) is 0 Å². The summed E-state index contributed by atoms with van der Waals surface area (Å²) < 4.78 is 25.1. The fourth-order valence-corrected chi connectivity index (χ4v) is 10.1. The summed E-state index contributed by atoms with van der Waals surface area (Å²) in [6.45, 7) is 17.3. The Labute approximate surface area is 204 Å². The number of nitrogens with one attached hydrogen (secondary N) is 1. The lowest BCUT2D eigenvalue weighted by atomic mass is 10.1. The van der Waals surface area contributed by atoms with Gasteiger partial charge >= 0.3 is 6.09 Å². The SMILES string of the molecule is COc1c(C)cnc(CNC(=O)Oc2cc(F)cc(C#C[Si](C(C)C)(C(C)C)C(C)C)c2)c1C. The molecule has 0 unspecified atom stereocenters. The lowest BCUT2D eigenvalue weighted by Gasteiger charge is -2.38. The number of methoxy groups -OCH3 is 1. The number of nitrogens with zero attached hydrogens (tertiary/aromatic N) is 1. The topological polar surface area (TPSA) is 60.5 Å². The van der Waals surface area contributed by atoms with Gasteiger partial charge in [0.05, 0.1) is 19.3 Å². The van der Waals surface area contributed by atoms with E-state index in [1.165, 1.54) is 12.1 Å². The predicted octanol–water partition coefficient (Wildman–Crippen LogP) is 6.70. The van der Waals surface area contributed by atoms with E-state index in [1.807, 2.05) is 13.8 Å². The molecule has 5 nitrogen and oxygen atoms in total. The monoisotopic (exact) mass is 484 g/mol. The zero-order valence-corrected chi connectivity index (χ0v) is 22.8. The summed E-state index contributed by atoms with van der Waals surface area (Å²) in [4.78, 5) is 16.7. The first kappa shape index (κ1) is 27.4. The van der Waals surface area contributed by atoms with Gasteiger partial charge in [-0.05, 0) is 42.6 Å². The zero-order chi connectivity index (χ0) is 25.6. The summed E-state index contributed by atoms with van der Waals surface area (Å²) in [5, 5.41) is 2.67. The predicted molar refractivity (Wildman–Crippen MR) is 137 cm³/mol. The molecule has 0 atom stereocenters. The van der Waals surface area contributed by atoms with Crippen molar-refractivity contribution in [2.24, 2.45) is 0 Å². The number of amides is 1. The Morgan fingerprint density at radius 2 is 1.71 bits per heavy atom. The minimum Gasteiger partial charge on any atom is -0.496 e. The minimum atomic E-state index is -1.97. The fourth-order valence-electron chi connectivity index (χ4n) is 4.86. The van der Waals surface area contributed by atoms with Crippen LogP contribution in [0, 0.1) is 31.1 Å². The molecule has 0 radical (unpaired) electrons. The van der Waals surface area contributed by atoms with Crippen molar-refractivity contribution in [1.29, 1.82) is 0 Å². The number of carbonyl (C=O) groups is 1. The Balaban J connectivity index is 2.20. The highest BCUT2D eigenvalue weighted by Crippen LogP contribution is 2.40. The van der Waals surface area contributed by atoms with Crippen LogP contribution in [0.5, 0.6) is 11.5 Å². The van der Waals surface area contributed by atoms with Gasteiger partial charge in [0, 0.05) is 29.0 Å². The molecule has 2 aromatic rings. The molecule has 0 aliphatic carbocycles. The zero-order valence-electron chi connectivity index (χ0n) is 21.8. The lowest BCUT2D eigenvalue weighted by molar-refractivity contribution is 0.199. The molecule has 0 aliphatic rings. The molecule has 1 amide bonds. The van der Waals surface area contributed by atoms with Crippen molar-refractivity contribution in [3.63, 3.8) is 0 Å². The van der Waals surface area contributed by atoms with E-state index in [4.69, 9.17) is 9.47 Å². The normalized spacial score (nSPS) is 11.4. The standard InChI is InChI=1S/C27H37FN2O3Si/c1-17(2)34(18(3)4,19(5)6)11-10-22-12-23(28)14-24(13-22)33-27(31)30-16-25-21(8)26(32-9)20(7)15-29-25/h12-15,17-19H,16H2,1-9H3,(H,30,31). The molecule has 7 heteroatoms. The summed E-state index contributed by atoms with van der Waals surface area (Å²) in [5.41, 5.74) is 7.90. The van der Waals surface area contributed by atoms with E-state index in [2.05, 4.69) is 63.3 Å². The molecule has 34 heavy (non-hydrogen) atoms. The lowest BCUT2D eigenvalue weighted by Crippen LogP contribution is -2.43.